The van der Waals surface area contributed by atoms with E-state index in [0.717, 1.165) is 0 Å². The van der Waals surface area contributed by atoms with E-state index in [4.69, 9.17) is 0 Å². The van der Waals surface area contributed by atoms with Crippen LogP contribution >= 0.6 is 0 Å². The van der Waals surface area contributed by atoms with Crippen LogP contribution in [0.5, 0.6) is 0 Å². The molecule has 0 amide bonds. The third-order valence-corrected chi connectivity index (χ3v) is 7.47. The smallest absolute Gasteiger partial charge is 0.237 e. The lowest BCUT2D eigenvalue weighted by Gasteiger charge is -2.05. The fraction of sp³-hybridized carbons (Fsp3) is 0.903. The molecule has 0 aromatic carbocycles. The number of imidazole rings is 1. The van der Waals surface area contributed by atoms with Gasteiger partial charge in [-0.2, -0.15) is 0 Å². The maximum absolute atomic E-state index is 2.53. The van der Waals surface area contributed by atoms with Crippen LogP contribution in [0.4, 0.5) is 0 Å². The second kappa shape index (κ2) is 23.0. The monoisotopic (exact) mass is 461 g/mol. The SMILES string of the molecule is CCCCCCCCCCCCCCCCn1cc[n+](C)c1CCCCCCCCCCC. The molecule has 0 unspecified atom stereocenters. The Kier molecular flexibility index (Phi) is 21.1. The predicted octanol–water partition coefficient (Wildman–Crippen LogP) is 9.87. The fourth-order valence-electron chi connectivity index (χ4n) is 5.15. The molecule has 0 N–H and O–H groups in total. The molecule has 1 heterocycles. The topological polar surface area (TPSA) is 8.81 Å². The Labute approximate surface area is 208 Å². The van der Waals surface area contributed by atoms with Gasteiger partial charge in [-0.05, 0) is 19.3 Å². The van der Waals surface area contributed by atoms with Crippen LogP contribution in [-0.4, -0.2) is 4.57 Å². The number of nitrogens with zero attached hydrogens (tertiary/aromatic N) is 2. The summed E-state index contributed by atoms with van der Waals surface area (Å²) in [6.45, 7) is 5.82. The summed E-state index contributed by atoms with van der Waals surface area (Å²) >= 11 is 0. The molecule has 0 saturated heterocycles. The van der Waals surface area contributed by atoms with Crippen LogP contribution in [0, 0.1) is 0 Å². The molecule has 0 saturated carbocycles. The van der Waals surface area contributed by atoms with Crippen LogP contribution in [0.1, 0.15) is 167 Å². The van der Waals surface area contributed by atoms with Gasteiger partial charge in [-0.1, -0.05) is 142 Å². The van der Waals surface area contributed by atoms with E-state index in [2.05, 4.69) is 42.4 Å². The second-order valence-electron chi connectivity index (χ2n) is 10.7. The third-order valence-electron chi connectivity index (χ3n) is 7.47. The minimum atomic E-state index is 1.21. The number of aromatic nitrogens is 2. The highest BCUT2D eigenvalue weighted by Crippen LogP contribution is 2.14. The lowest BCUT2D eigenvalue weighted by atomic mass is 10.0. The molecule has 194 valence electrons. The van der Waals surface area contributed by atoms with Gasteiger partial charge >= 0.3 is 0 Å². The highest BCUT2D eigenvalue weighted by molar-refractivity contribution is 4.84. The standard InChI is InChI=1S/C31H61N2/c1-4-6-8-10-12-14-15-16-17-18-20-22-24-26-28-33-30-29-32(3)31(33)27-25-23-21-19-13-11-9-7-5-2/h29-30H,4-28H2,1-3H3/q+1. The van der Waals surface area contributed by atoms with Crippen molar-refractivity contribution in [3.8, 4) is 0 Å². The summed E-state index contributed by atoms with van der Waals surface area (Å²) in [6, 6.07) is 0. The average molecular weight is 462 g/mol. The van der Waals surface area contributed by atoms with Crippen molar-refractivity contribution in [2.24, 2.45) is 7.05 Å². The minimum absolute atomic E-state index is 1.21. The number of unbranched alkanes of at least 4 members (excludes halogenated alkanes) is 21. The normalized spacial score (nSPS) is 11.5. The molecular weight excluding hydrogens is 400 g/mol. The van der Waals surface area contributed by atoms with Gasteiger partial charge in [-0.25, -0.2) is 9.13 Å². The summed E-state index contributed by atoms with van der Waals surface area (Å²) in [5.74, 6) is 1.53. The Morgan fingerprint density at radius 2 is 0.879 bits per heavy atom. The summed E-state index contributed by atoms with van der Waals surface area (Å²) in [5, 5.41) is 0. The highest BCUT2D eigenvalue weighted by atomic mass is 15.1. The van der Waals surface area contributed by atoms with E-state index >= 15 is 0 Å². The minimum Gasteiger partial charge on any atom is -0.237 e. The first-order chi connectivity index (χ1) is 16.3. The molecule has 2 heteroatoms. The van der Waals surface area contributed by atoms with E-state index < -0.39 is 0 Å². The number of rotatable bonds is 25. The van der Waals surface area contributed by atoms with E-state index in [9.17, 15) is 0 Å². The van der Waals surface area contributed by atoms with Gasteiger partial charge in [0.2, 0.25) is 0 Å². The van der Waals surface area contributed by atoms with Gasteiger partial charge in [0.05, 0.1) is 13.6 Å². The van der Waals surface area contributed by atoms with Gasteiger partial charge in [0.1, 0.15) is 12.4 Å². The van der Waals surface area contributed by atoms with Crippen molar-refractivity contribution in [1.82, 2.24) is 4.57 Å². The lowest BCUT2D eigenvalue weighted by molar-refractivity contribution is -0.678. The van der Waals surface area contributed by atoms with Crippen molar-refractivity contribution in [2.75, 3.05) is 0 Å². The third kappa shape index (κ3) is 17.3. The first-order valence-electron chi connectivity index (χ1n) is 15.3. The molecule has 1 aromatic rings. The predicted molar refractivity (Wildman–Crippen MR) is 147 cm³/mol. The molecule has 0 bridgehead atoms. The number of hydrogen-bond acceptors (Lipinski definition) is 0. The average Bonchev–Trinajstić information content (AvgIpc) is 3.17. The summed E-state index contributed by atoms with van der Waals surface area (Å²) < 4.78 is 4.89. The van der Waals surface area contributed by atoms with Gasteiger partial charge in [0.15, 0.2) is 0 Å². The summed E-state index contributed by atoms with van der Waals surface area (Å²) in [7, 11) is 2.23. The molecule has 0 aliphatic heterocycles. The van der Waals surface area contributed by atoms with Crippen LogP contribution < -0.4 is 4.57 Å². The van der Waals surface area contributed by atoms with Crippen molar-refractivity contribution in [3.63, 3.8) is 0 Å². The summed E-state index contributed by atoms with van der Waals surface area (Å²) in [6.07, 6.45) is 38.7. The van der Waals surface area contributed by atoms with E-state index in [-0.39, 0.29) is 0 Å². The Bertz CT molecular complexity index is 519. The maximum Gasteiger partial charge on any atom is 0.256 e. The van der Waals surface area contributed by atoms with Crippen molar-refractivity contribution < 1.29 is 4.57 Å². The Morgan fingerprint density at radius 1 is 0.515 bits per heavy atom. The van der Waals surface area contributed by atoms with Crippen molar-refractivity contribution in [3.05, 3.63) is 18.2 Å². The zero-order valence-electron chi connectivity index (χ0n) is 23.2. The largest absolute Gasteiger partial charge is 0.256 e. The van der Waals surface area contributed by atoms with E-state index in [1.54, 1.807) is 0 Å². The first-order valence-corrected chi connectivity index (χ1v) is 15.3. The van der Waals surface area contributed by atoms with E-state index in [1.807, 2.05) is 0 Å². The number of aryl methyl sites for hydroxylation is 2. The van der Waals surface area contributed by atoms with Gasteiger partial charge in [0.25, 0.3) is 5.82 Å². The summed E-state index contributed by atoms with van der Waals surface area (Å²) in [5.41, 5.74) is 0. The molecule has 33 heavy (non-hydrogen) atoms. The van der Waals surface area contributed by atoms with Crippen LogP contribution in [0.25, 0.3) is 0 Å². The van der Waals surface area contributed by atoms with E-state index in [0.29, 0.717) is 0 Å². The van der Waals surface area contributed by atoms with Gasteiger partial charge in [-0.3, -0.25) is 0 Å². The summed E-state index contributed by atoms with van der Waals surface area (Å²) in [4.78, 5) is 0. The highest BCUT2D eigenvalue weighted by Gasteiger charge is 2.13. The Balaban J connectivity index is 1.96. The van der Waals surface area contributed by atoms with Crippen LogP contribution in [0.15, 0.2) is 12.4 Å². The second-order valence-corrected chi connectivity index (χ2v) is 10.7. The van der Waals surface area contributed by atoms with Crippen molar-refractivity contribution in [2.45, 2.75) is 174 Å². The zero-order valence-corrected chi connectivity index (χ0v) is 23.2. The van der Waals surface area contributed by atoms with Crippen LogP contribution in [-0.2, 0) is 20.0 Å². The molecule has 1 aromatic heterocycles. The van der Waals surface area contributed by atoms with Crippen LogP contribution in [0.3, 0.4) is 0 Å². The lowest BCUT2D eigenvalue weighted by Crippen LogP contribution is -2.32. The van der Waals surface area contributed by atoms with Gasteiger partial charge < -0.3 is 0 Å². The van der Waals surface area contributed by atoms with Crippen molar-refractivity contribution >= 4 is 0 Å². The molecular formula is C31H61N2+. The first kappa shape index (κ1) is 30.2. The maximum atomic E-state index is 2.53. The molecule has 1 rings (SSSR count). The molecule has 0 fully saturated rings. The molecule has 0 aliphatic rings. The molecule has 0 radical (unpaired) electrons. The molecule has 0 atom stereocenters. The Hall–Kier alpha value is -0.790. The van der Waals surface area contributed by atoms with Gasteiger partial charge in [-0.15, -0.1) is 0 Å². The molecule has 2 nitrogen and oxygen atoms in total. The Morgan fingerprint density at radius 3 is 1.30 bits per heavy atom. The molecule has 0 aliphatic carbocycles. The van der Waals surface area contributed by atoms with Gasteiger partial charge in [0, 0.05) is 6.42 Å². The zero-order chi connectivity index (χ0) is 23.8. The number of hydrogen-bond donors (Lipinski definition) is 0. The quantitative estimate of drug-likeness (QED) is 0.101. The van der Waals surface area contributed by atoms with Crippen LogP contribution in [0.2, 0.25) is 0 Å². The van der Waals surface area contributed by atoms with Crippen molar-refractivity contribution in [1.29, 1.82) is 0 Å². The molecule has 0 spiro atoms. The fourth-order valence-corrected chi connectivity index (χ4v) is 5.15. The van der Waals surface area contributed by atoms with E-state index in [1.165, 1.54) is 166 Å².